The predicted octanol–water partition coefficient (Wildman–Crippen LogP) is 5.43. The second-order valence-electron chi connectivity index (χ2n) is 5.65. The fourth-order valence-corrected chi connectivity index (χ4v) is 4.30. The minimum Gasteiger partial charge on any atom is -0.321 e. The summed E-state index contributed by atoms with van der Waals surface area (Å²) >= 11 is 3.26. The van der Waals surface area contributed by atoms with Crippen molar-refractivity contribution in [3.8, 4) is 11.3 Å². The number of para-hydroxylation sites is 1. The van der Waals surface area contributed by atoms with Crippen molar-refractivity contribution in [1.29, 1.82) is 0 Å². The zero-order valence-corrected chi connectivity index (χ0v) is 15.8. The molecule has 0 fully saturated rings. The number of nitrogens with zero attached hydrogens (tertiary/aromatic N) is 2. The van der Waals surface area contributed by atoms with Gasteiger partial charge < -0.3 is 5.32 Å². The van der Waals surface area contributed by atoms with Crippen LogP contribution in [0, 0.1) is 0 Å². The van der Waals surface area contributed by atoms with Gasteiger partial charge in [0, 0.05) is 28.2 Å². The molecule has 6 heteroatoms. The Morgan fingerprint density at radius 2 is 2.00 bits per heavy atom. The van der Waals surface area contributed by atoms with Gasteiger partial charge in [0.2, 0.25) is 0 Å². The van der Waals surface area contributed by atoms with Crippen LogP contribution in [-0.2, 0) is 0 Å². The molecule has 0 aliphatic rings. The molecule has 0 saturated heterocycles. The number of anilines is 1. The number of carbonyl (C=O) groups excluding carboxylic acids is 1. The molecule has 26 heavy (non-hydrogen) atoms. The summed E-state index contributed by atoms with van der Waals surface area (Å²) in [5.74, 6) is 0.821. The van der Waals surface area contributed by atoms with E-state index >= 15 is 0 Å². The molecule has 4 nitrogen and oxygen atoms in total. The molecule has 2 aromatic carbocycles. The van der Waals surface area contributed by atoms with E-state index in [1.807, 2.05) is 70.7 Å². The van der Waals surface area contributed by atoms with E-state index in [4.69, 9.17) is 0 Å². The molecule has 4 aromatic rings. The smallest absolute Gasteiger partial charge is 0.256 e. The quantitative estimate of drug-likeness (QED) is 0.471. The first-order valence-electron chi connectivity index (χ1n) is 8.31. The second kappa shape index (κ2) is 7.35. The number of fused-ring (bicyclic) bond motifs is 1. The van der Waals surface area contributed by atoms with Crippen molar-refractivity contribution >= 4 is 39.7 Å². The molecule has 0 aliphatic heterocycles. The number of benzene rings is 2. The number of rotatable bonds is 5. The highest BCUT2D eigenvalue weighted by molar-refractivity contribution is 7.99. The van der Waals surface area contributed by atoms with Crippen molar-refractivity contribution in [3.63, 3.8) is 0 Å². The largest absolute Gasteiger partial charge is 0.321 e. The summed E-state index contributed by atoms with van der Waals surface area (Å²) in [5.41, 5.74) is 3.22. The van der Waals surface area contributed by atoms with Crippen LogP contribution < -0.4 is 5.32 Å². The maximum Gasteiger partial charge on any atom is 0.256 e. The van der Waals surface area contributed by atoms with E-state index in [2.05, 4.69) is 17.2 Å². The first-order valence-corrected chi connectivity index (χ1v) is 10.2. The number of thioether (sulfide) groups is 1. The van der Waals surface area contributed by atoms with Crippen LogP contribution in [0.1, 0.15) is 17.3 Å². The van der Waals surface area contributed by atoms with Gasteiger partial charge in [0.25, 0.3) is 5.91 Å². The molecule has 1 amide bonds. The molecule has 0 bridgehead atoms. The molecule has 0 spiro atoms. The molecule has 0 aliphatic carbocycles. The summed E-state index contributed by atoms with van der Waals surface area (Å²) in [6.07, 6.45) is 3.97. The van der Waals surface area contributed by atoms with Crippen molar-refractivity contribution in [2.24, 2.45) is 0 Å². The van der Waals surface area contributed by atoms with Crippen molar-refractivity contribution in [1.82, 2.24) is 9.38 Å². The third kappa shape index (κ3) is 3.25. The van der Waals surface area contributed by atoms with Gasteiger partial charge >= 0.3 is 0 Å². The molecular weight excluding hydrogens is 362 g/mol. The second-order valence-corrected chi connectivity index (χ2v) is 7.83. The van der Waals surface area contributed by atoms with Gasteiger partial charge in [0.1, 0.15) is 0 Å². The standard InChI is InChI=1S/C20H17N3OS2/c1-2-25-18-10-6-4-8-15(18)19(24)21-16-9-5-3-7-14(16)17-13-23-11-12-26-20(23)22-17/h3-13H,2H2,1H3,(H,21,24). The molecule has 130 valence electrons. The Bertz CT molecular complexity index is 1040. The fraction of sp³-hybridized carbons (Fsp3) is 0.100. The van der Waals surface area contributed by atoms with Crippen LogP contribution >= 0.6 is 23.1 Å². The lowest BCUT2D eigenvalue weighted by molar-refractivity contribution is 0.102. The number of nitrogens with one attached hydrogen (secondary N) is 1. The van der Waals surface area contributed by atoms with Gasteiger partial charge in [-0.15, -0.1) is 23.1 Å². The van der Waals surface area contributed by atoms with Gasteiger partial charge in [-0.1, -0.05) is 37.3 Å². The van der Waals surface area contributed by atoms with Crippen LogP contribution in [0.2, 0.25) is 0 Å². The maximum absolute atomic E-state index is 12.9. The number of aromatic nitrogens is 2. The van der Waals surface area contributed by atoms with Crippen molar-refractivity contribution in [3.05, 3.63) is 71.9 Å². The third-order valence-corrected chi connectivity index (χ3v) is 5.70. The van der Waals surface area contributed by atoms with Crippen molar-refractivity contribution < 1.29 is 4.79 Å². The molecule has 0 unspecified atom stereocenters. The number of carbonyl (C=O) groups is 1. The van der Waals surface area contributed by atoms with E-state index in [0.29, 0.717) is 5.56 Å². The highest BCUT2D eigenvalue weighted by Crippen LogP contribution is 2.30. The van der Waals surface area contributed by atoms with Crippen LogP contribution in [0.5, 0.6) is 0 Å². The number of thiazole rings is 1. The Labute approximate surface area is 159 Å². The molecule has 0 saturated carbocycles. The Kier molecular flexibility index (Phi) is 4.77. The first kappa shape index (κ1) is 16.9. The lowest BCUT2D eigenvalue weighted by Crippen LogP contribution is -2.13. The molecule has 0 radical (unpaired) electrons. The van der Waals surface area contributed by atoms with Gasteiger partial charge in [0.05, 0.1) is 16.9 Å². The Hall–Kier alpha value is -2.57. The average Bonchev–Trinajstić information content (AvgIpc) is 3.25. The van der Waals surface area contributed by atoms with Gasteiger partial charge in [-0.3, -0.25) is 9.20 Å². The summed E-state index contributed by atoms with van der Waals surface area (Å²) in [4.78, 5) is 19.5. The lowest BCUT2D eigenvalue weighted by atomic mass is 10.1. The third-order valence-electron chi connectivity index (χ3n) is 3.98. The topological polar surface area (TPSA) is 46.4 Å². The highest BCUT2D eigenvalue weighted by atomic mass is 32.2. The number of hydrogen-bond acceptors (Lipinski definition) is 4. The van der Waals surface area contributed by atoms with Crippen LogP contribution in [0.3, 0.4) is 0 Å². The number of hydrogen-bond donors (Lipinski definition) is 1. The lowest BCUT2D eigenvalue weighted by Gasteiger charge is -2.12. The minimum absolute atomic E-state index is 0.102. The zero-order chi connectivity index (χ0) is 17.9. The SMILES string of the molecule is CCSc1ccccc1C(=O)Nc1ccccc1-c1cn2ccsc2n1. The van der Waals surface area contributed by atoms with E-state index < -0.39 is 0 Å². The molecule has 0 atom stereocenters. The molecule has 2 aromatic heterocycles. The summed E-state index contributed by atoms with van der Waals surface area (Å²) < 4.78 is 1.99. The monoisotopic (exact) mass is 379 g/mol. The summed E-state index contributed by atoms with van der Waals surface area (Å²) in [5, 5.41) is 5.06. The molecule has 1 N–H and O–H groups in total. The van der Waals surface area contributed by atoms with E-state index in [9.17, 15) is 4.79 Å². The normalized spacial score (nSPS) is 11.0. The van der Waals surface area contributed by atoms with E-state index in [-0.39, 0.29) is 5.91 Å². The summed E-state index contributed by atoms with van der Waals surface area (Å²) in [6.45, 7) is 2.08. The van der Waals surface area contributed by atoms with Gasteiger partial charge in [-0.2, -0.15) is 0 Å². The molecule has 4 rings (SSSR count). The van der Waals surface area contributed by atoms with E-state index in [1.54, 1.807) is 23.1 Å². The van der Waals surface area contributed by atoms with Crippen LogP contribution in [-0.4, -0.2) is 21.0 Å². The van der Waals surface area contributed by atoms with Crippen LogP contribution in [0.4, 0.5) is 5.69 Å². The predicted molar refractivity (Wildman–Crippen MR) is 109 cm³/mol. The fourth-order valence-electron chi connectivity index (χ4n) is 2.80. The summed E-state index contributed by atoms with van der Waals surface area (Å²) in [6, 6.07) is 15.5. The first-order chi connectivity index (χ1) is 12.8. The van der Waals surface area contributed by atoms with Crippen molar-refractivity contribution in [2.45, 2.75) is 11.8 Å². The van der Waals surface area contributed by atoms with E-state index in [1.165, 1.54) is 0 Å². The average molecular weight is 380 g/mol. The molecule has 2 heterocycles. The number of imidazole rings is 1. The Morgan fingerprint density at radius 3 is 2.85 bits per heavy atom. The molecular formula is C20H17N3OS2. The van der Waals surface area contributed by atoms with Crippen LogP contribution in [0.25, 0.3) is 16.2 Å². The van der Waals surface area contributed by atoms with Gasteiger partial charge in [-0.25, -0.2) is 4.98 Å². The Morgan fingerprint density at radius 1 is 1.19 bits per heavy atom. The van der Waals surface area contributed by atoms with Gasteiger partial charge in [-0.05, 0) is 24.0 Å². The zero-order valence-electron chi connectivity index (χ0n) is 14.2. The number of amides is 1. The summed E-state index contributed by atoms with van der Waals surface area (Å²) in [7, 11) is 0. The van der Waals surface area contributed by atoms with E-state index in [0.717, 1.165) is 32.6 Å². The maximum atomic E-state index is 12.9. The van der Waals surface area contributed by atoms with Gasteiger partial charge in [0.15, 0.2) is 4.96 Å². The Balaban J connectivity index is 1.67. The highest BCUT2D eigenvalue weighted by Gasteiger charge is 2.15. The minimum atomic E-state index is -0.102. The van der Waals surface area contributed by atoms with Crippen molar-refractivity contribution in [2.75, 3.05) is 11.1 Å². The van der Waals surface area contributed by atoms with Crippen LogP contribution in [0.15, 0.2) is 71.2 Å².